The zero-order valence-electron chi connectivity index (χ0n) is 15.6. The van der Waals surface area contributed by atoms with Gasteiger partial charge in [-0.1, -0.05) is 6.07 Å². The first-order valence-electron chi connectivity index (χ1n) is 7.76. The molecule has 0 unspecified atom stereocenters. The number of carbonyl (C=O) groups excluding carboxylic acids is 4. The van der Waals surface area contributed by atoms with Crippen molar-refractivity contribution in [3.63, 3.8) is 0 Å². The Morgan fingerprint density at radius 1 is 0.862 bits per heavy atom. The van der Waals surface area contributed by atoms with E-state index in [4.69, 9.17) is 10.7 Å². The first kappa shape index (κ1) is 22.7. The third-order valence-electron chi connectivity index (χ3n) is 3.45. The molecule has 0 fully saturated rings. The van der Waals surface area contributed by atoms with E-state index in [1.54, 1.807) is 0 Å². The normalized spacial score (nSPS) is 12.1. The van der Waals surface area contributed by atoms with Gasteiger partial charge in [0.2, 0.25) is 5.78 Å². The standard InChI is InChI=1S/C14H9N2O7.C5H5N/c1-21-12(18)8-7(6(4-15)5-16)11(17)10(14(20)23-3)9(8)13(19)22-2;1-2-4-6-5-3-1/h1-3H3;1-5H/q-1;/p+1. The van der Waals surface area contributed by atoms with Crippen LogP contribution in [0.15, 0.2) is 58.5 Å². The monoisotopic (exact) mass is 397 g/mol. The van der Waals surface area contributed by atoms with Crippen LogP contribution in [0.5, 0.6) is 0 Å². The molecule has 29 heavy (non-hydrogen) atoms. The van der Waals surface area contributed by atoms with Crippen molar-refractivity contribution in [2.45, 2.75) is 0 Å². The third kappa shape index (κ3) is 4.88. The molecule has 2 rings (SSSR count). The highest BCUT2D eigenvalue weighted by Crippen LogP contribution is 2.35. The molecule has 0 atom stereocenters. The van der Waals surface area contributed by atoms with Gasteiger partial charge in [0.05, 0.1) is 43.6 Å². The number of allylic oxidation sites excluding steroid dienone is 2. The summed E-state index contributed by atoms with van der Waals surface area (Å²) in [7, 11) is 2.87. The second kappa shape index (κ2) is 10.7. The summed E-state index contributed by atoms with van der Waals surface area (Å²) in [6.45, 7) is 0. The van der Waals surface area contributed by atoms with Crippen LogP contribution in [0.1, 0.15) is 0 Å². The lowest BCUT2D eigenvalue weighted by Gasteiger charge is -2.07. The number of H-pyrrole nitrogens is 1. The zero-order chi connectivity index (χ0) is 22.0. The maximum absolute atomic E-state index is 12.4. The molecule has 0 radical (unpaired) electrons. The van der Waals surface area contributed by atoms with Crippen molar-refractivity contribution in [1.82, 2.24) is 0 Å². The molecular formula is C19H15N3O7. The number of hydrogen-bond donors (Lipinski definition) is 0. The number of nitrogens with one attached hydrogen (secondary N) is 1. The maximum Gasteiger partial charge on any atom is 0.342 e. The van der Waals surface area contributed by atoms with E-state index < -0.39 is 51.6 Å². The molecule has 0 aromatic carbocycles. The first-order chi connectivity index (χ1) is 13.9. The SMILES string of the molecule is COC(=O)C1=C(C(=O)OC)C(C(=O)OC)=C(C(=C=[N-])C#N)C1=O.c1cc[nH+]cc1. The molecule has 1 aromatic rings. The fraction of sp³-hybridized carbons (Fsp3) is 0.158. The lowest BCUT2D eigenvalue weighted by atomic mass is 10.00. The molecule has 1 N–H and O–H groups in total. The Bertz CT molecular complexity index is 968. The van der Waals surface area contributed by atoms with Crippen molar-refractivity contribution in [2.24, 2.45) is 0 Å². The second-order valence-electron chi connectivity index (χ2n) is 4.98. The smallest absolute Gasteiger partial charge is 0.342 e. The molecule has 1 heterocycles. The van der Waals surface area contributed by atoms with Gasteiger partial charge in [0, 0.05) is 12.1 Å². The number of rotatable bonds is 4. The Balaban J connectivity index is 0.000000594. The Labute approximate surface area is 165 Å². The quantitative estimate of drug-likeness (QED) is 0.224. The summed E-state index contributed by atoms with van der Waals surface area (Å²) in [5, 5.41) is 17.9. The zero-order valence-corrected chi connectivity index (χ0v) is 15.6. The summed E-state index contributed by atoms with van der Waals surface area (Å²) in [5.74, 6) is -3.34. The van der Waals surface area contributed by atoms with Crippen molar-refractivity contribution < 1.29 is 38.4 Å². The Morgan fingerprint density at radius 3 is 1.62 bits per heavy atom. The molecule has 10 nitrogen and oxygen atoms in total. The van der Waals surface area contributed by atoms with Gasteiger partial charge in [-0.3, -0.25) is 4.79 Å². The number of carbonyl (C=O) groups is 4. The highest BCUT2D eigenvalue weighted by molar-refractivity contribution is 6.37. The van der Waals surface area contributed by atoms with Crippen molar-refractivity contribution in [2.75, 3.05) is 21.3 Å². The largest absolute Gasteiger partial charge is 0.762 e. The van der Waals surface area contributed by atoms with E-state index in [1.807, 2.05) is 30.6 Å². The van der Waals surface area contributed by atoms with Crippen LogP contribution in [-0.2, 0) is 33.4 Å². The molecule has 0 spiro atoms. The first-order valence-corrected chi connectivity index (χ1v) is 7.76. The van der Waals surface area contributed by atoms with Crippen LogP contribution < -0.4 is 4.98 Å². The van der Waals surface area contributed by atoms with E-state index in [0.717, 1.165) is 21.3 Å². The number of esters is 3. The number of ether oxygens (including phenoxy) is 3. The lowest BCUT2D eigenvalue weighted by molar-refractivity contribution is -0.377. The van der Waals surface area contributed by atoms with Crippen LogP contribution in [0, 0.1) is 11.3 Å². The summed E-state index contributed by atoms with van der Waals surface area (Å²) in [5.41, 5.74) is -3.67. The van der Waals surface area contributed by atoms with Gasteiger partial charge in [0.15, 0.2) is 12.4 Å². The van der Waals surface area contributed by atoms with E-state index >= 15 is 0 Å². The maximum atomic E-state index is 12.4. The van der Waals surface area contributed by atoms with Crippen LogP contribution in [-0.4, -0.2) is 50.9 Å². The number of pyridine rings is 1. The number of hydrogen-bond acceptors (Lipinski definition) is 8. The van der Waals surface area contributed by atoms with Crippen molar-refractivity contribution in [3.05, 3.63) is 63.9 Å². The summed E-state index contributed by atoms with van der Waals surface area (Å²) in [4.78, 5) is 50.9. The highest BCUT2D eigenvalue weighted by atomic mass is 16.5. The van der Waals surface area contributed by atoms with E-state index in [2.05, 4.69) is 19.2 Å². The average Bonchev–Trinajstić information content (AvgIpc) is 3.07. The van der Waals surface area contributed by atoms with E-state index in [9.17, 15) is 19.2 Å². The van der Waals surface area contributed by atoms with Crippen LogP contribution in [0.25, 0.3) is 5.41 Å². The van der Waals surface area contributed by atoms with Gasteiger partial charge in [0.1, 0.15) is 11.6 Å². The molecule has 10 heteroatoms. The number of Topliss-reactive ketones (excluding diaryl/α,β-unsaturated/α-hetero) is 1. The number of nitrogens with zero attached hydrogens (tertiary/aromatic N) is 2. The fourth-order valence-corrected chi connectivity index (χ4v) is 2.23. The minimum absolute atomic E-state index is 0.692. The van der Waals surface area contributed by atoms with Crippen LogP contribution in [0.2, 0.25) is 0 Å². The van der Waals surface area contributed by atoms with Gasteiger partial charge in [-0.2, -0.15) is 5.26 Å². The predicted octanol–water partition coefficient (Wildman–Crippen LogP) is -0.129. The summed E-state index contributed by atoms with van der Waals surface area (Å²) < 4.78 is 13.3. The molecule has 1 aliphatic rings. The molecule has 0 amide bonds. The molecule has 0 bridgehead atoms. The molecule has 1 aliphatic carbocycles. The van der Waals surface area contributed by atoms with E-state index in [-0.39, 0.29) is 0 Å². The summed E-state index contributed by atoms with van der Waals surface area (Å²) in [6.07, 6.45) is 3.75. The summed E-state index contributed by atoms with van der Waals surface area (Å²) >= 11 is 0. The van der Waals surface area contributed by atoms with Gasteiger partial charge in [0.25, 0.3) is 0 Å². The van der Waals surface area contributed by atoms with E-state index in [0.29, 0.717) is 0 Å². The predicted molar refractivity (Wildman–Crippen MR) is 95.6 cm³/mol. The van der Waals surface area contributed by atoms with Crippen LogP contribution in [0.3, 0.4) is 0 Å². The second-order valence-corrected chi connectivity index (χ2v) is 4.98. The number of methoxy groups -OCH3 is 3. The van der Waals surface area contributed by atoms with Gasteiger partial charge in [-0.05, 0) is 0 Å². The lowest BCUT2D eigenvalue weighted by Crippen LogP contribution is -2.18. The number of aromatic amines is 1. The molecule has 0 saturated heterocycles. The minimum Gasteiger partial charge on any atom is -0.762 e. The van der Waals surface area contributed by atoms with Gasteiger partial charge in [-0.25, -0.2) is 25.2 Å². The van der Waals surface area contributed by atoms with Crippen LogP contribution >= 0.6 is 0 Å². The van der Waals surface area contributed by atoms with Crippen molar-refractivity contribution in [3.8, 4) is 6.07 Å². The van der Waals surface area contributed by atoms with Gasteiger partial charge in [-0.15, -0.1) is 0 Å². The molecule has 0 aliphatic heterocycles. The number of ketones is 1. The molecule has 1 aromatic heterocycles. The number of aromatic nitrogens is 1. The molecular weight excluding hydrogens is 382 g/mol. The van der Waals surface area contributed by atoms with Gasteiger partial charge < -0.3 is 19.6 Å². The van der Waals surface area contributed by atoms with Crippen LogP contribution in [0.4, 0.5) is 0 Å². The van der Waals surface area contributed by atoms with Gasteiger partial charge >= 0.3 is 17.9 Å². The third-order valence-corrected chi connectivity index (χ3v) is 3.45. The van der Waals surface area contributed by atoms with Crippen molar-refractivity contribution >= 4 is 29.6 Å². The average molecular weight is 397 g/mol. The Morgan fingerprint density at radius 2 is 1.31 bits per heavy atom. The fourth-order valence-electron chi connectivity index (χ4n) is 2.23. The Kier molecular flexibility index (Phi) is 8.38. The topological polar surface area (TPSA) is 156 Å². The number of nitriles is 1. The summed E-state index contributed by atoms with van der Waals surface area (Å²) in [6, 6.07) is 7.28. The van der Waals surface area contributed by atoms with Crippen molar-refractivity contribution in [1.29, 1.82) is 5.26 Å². The Hall–Kier alpha value is -4.35. The molecule has 0 saturated carbocycles. The van der Waals surface area contributed by atoms with E-state index in [1.165, 1.54) is 11.9 Å². The molecule has 148 valence electrons. The highest BCUT2D eigenvalue weighted by Gasteiger charge is 2.45. The minimum atomic E-state index is -1.22.